The van der Waals surface area contributed by atoms with Crippen LogP contribution in [0, 0.1) is 5.92 Å². The molecule has 1 aliphatic carbocycles. The number of amides is 2. The molecule has 1 aliphatic heterocycles. The molecule has 140 valence electrons. The van der Waals surface area contributed by atoms with Crippen LogP contribution in [0.4, 0.5) is 5.69 Å². The van der Waals surface area contributed by atoms with Gasteiger partial charge in [0.15, 0.2) is 0 Å². The molecule has 1 atom stereocenters. The summed E-state index contributed by atoms with van der Waals surface area (Å²) in [6, 6.07) is 18.2. The van der Waals surface area contributed by atoms with E-state index in [1.165, 1.54) is 5.56 Å². The van der Waals surface area contributed by atoms with Crippen LogP contribution in [0.15, 0.2) is 54.6 Å². The maximum Gasteiger partial charge on any atom is 0.227 e. The van der Waals surface area contributed by atoms with Crippen molar-refractivity contribution in [2.45, 2.75) is 44.6 Å². The Labute approximate surface area is 160 Å². The zero-order valence-electron chi connectivity index (χ0n) is 15.9. The lowest BCUT2D eigenvalue weighted by Gasteiger charge is -2.21. The molecule has 4 rings (SSSR count). The van der Waals surface area contributed by atoms with Crippen LogP contribution in [-0.2, 0) is 15.1 Å². The van der Waals surface area contributed by atoms with E-state index in [9.17, 15) is 9.59 Å². The van der Waals surface area contributed by atoms with Gasteiger partial charge in [-0.1, -0.05) is 56.3 Å². The van der Waals surface area contributed by atoms with E-state index in [1.54, 1.807) is 4.90 Å². The number of anilines is 1. The lowest BCUT2D eigenvalue weighted by Crippen LogP contribution is -2.40. The van der Waals surface area contributed by atoms with Gasteiger partial charge < -0.3 is 10.2 Å². The SMILES string of the molecule is CC(C)c1ccc(N2CC(C(=O)NC3(c4ccccc4)CC3)CC2=O)cc1. The van der Waals surface area contributed by atoms with Crippen molar-refractivity contribution >= 4 is 17.5 Å². The number of nitrogens with zero attached hydrogens (tertiary/aromatic N) is 1. The van der Waals surface area contributed by atoms with Crippen LogP contribution in [0.3, 0.4) is 0 Å². The quantitative estimate of drug-likeness (QED) is 0.875. The number of hydrogen-bond acceptors (Lipinski definition) is 2. The lowest BCUT2D eigenvalue weighted by atomic mass is 10.0. The second-order valence-corrected chi connectivity index (χ2v) is 8.09. The highest BCUT2D eigenvalue weighted by molar-refractivity contribution is 6.00. The van der Waals surface area contributed by atoms with Gasteiger partial charge >= 0.3 is 0 Å². The molecule has 2 amide bonds. The highest BCUT2D eigenvalue weighted by Crippen LogP contribution is 2.45. The fraction of sp³-hybridized carbons (Fsp3) is 0.391. The second kappa shape index (κ2) is 6.84. The Morgan fingerprint density at radius 2 is 1.74 bits per heavy atom. The van der Waals surface area contributed by atoms with E-state index in [0.29, 0.717) is 12.5 Å². The van der Waals surface area contributed by atoms with Gasteiger partial charge in [0.05, 0.1) is 11.5 Å². The third-order valence-corrected chi connectivity index (χ3v) is 5.81. The van der Waals surface area contributed by atoms with Gasteiger partial charge in [-0.2, -0.15) is 0 Å². The van der Waals surface area contributed by atoms with E-state index in [0.717, 1.165) is 24.1 Å². The van der Waals surface area contributed by atoms with Crippen molar-refractivity contribution in [3.05, 3.63) is 65.7 Å². The molecule has 2 aliphatic rings. The Morgan fingerprint density at radius 3 is 2.33 bits per heavy atom. The first kappa shape index (κ1) is 17.8. The normalized spacial score (nSPS) is 20.8. The van der Waals surface area contributed by atoms with E-state index < -0.39 is 0 Å². The summed E-state index contributed by atoms with van der Waals surface area (Å²) in [5.74, 6) is 0.186. The third-order valence-electron chi connectivity index (χ3n) is 5.81. The van der Waals surface area contributed by atoms with Gasteiger partial charge in [-0.25, -0.2) is 0 Å². The van der Waals surface area contributed by atoms with Gasteiger partial charge in [-0.15, -0.1) is 0 Å². The minimum absolute atomic E-state index is 0.00833. The Hall–Kier alpha value is -2.62. The van der Waals surface area contributed by atoms with E-state index in [1.807, 2.05) is 30.3 Å². The van der Waals surface area contributed by atoms with E-state index in [2.05, 4.69) is 43.4 Å². The maximum absolute atomic E-state index is 12.9. The molecular formula is C23H26N2O2. The predicted molar refractivity (Wildman–Crippen MR) is 106 cm³/mol. The maximum atomic E-state index is 12.9. The van der Waals surface area contributed by atoms with Crippen molar-refractivity contribution < 1.29 is 9.59 Å². The Balaban J connectivity index is 1.44. The summed E-state index contributed by atoms with van der Waals surface area (Å²) >= 11 is 0. The van der Waals surface area contributed by atoms with Gasteiger partial charge in [0.25, 0.3) is 0 Å². The molecule has 1 saturated carbocycles. The van der Waals surface area contributed by atoms with Gasteiger partial charge in [0.1, 0.15) is 0 Å². The smallest absolute Gasteiger partial charge is 0.227 e. The minimum Gasteiger partial charge on any atom is -0.346 e. The third kappa shape index (κ3) is 3.48. The molecule has 0 aromatic heterocycles. The monoisotopic (exact) mass is 362 g/mol. The summed E-state index contributed by atoms with van der Waals surface area (Å²) in [6.07, 6.45) is 2.20. The van der Waals surface area contributed by atoms with E-state index in [-0.39, 0.29) is 29.7 Å². The molecule has 2 fully saturated rings. The summed E-state index contributed by atoms with van der Waals surface area (Å²) in [5.41, 5.74) is 3.05. The van der Waals surface area contributed by atoms with Crippen molar-refractivity contribution in [2.75, 3.05) is 11.4 Å². The molecular weight excluding hydrogens is 336 g/mol. The van der Waals surface area contributed by atoms with Crippen LogP contribution >= 0.6 is 0 Å². The molecule has 0 bridgehead atoms. The first-order valence-corrected chi connectivity index (χ1v) is 9.76. The molecule has 0 spiro atoms. The molecule has 4 heteroatoms. The number of hydrogen-bond donors (Lipinski definition) is 1. The molecule has 2 aromatic carbocycles. The number of carbonyl (C=O) groups is 2. The van der Waals surface area contributed by atoms with Gasteiger partial charge in [0, 0.05) is 18.7 Å². The minimum atomic E-state index is -0.288. The van der Waals surface area contributed by atoms with Crippen LogP contribution < -0.4 is 10.2 Å². The highest BCUT2D eigenvalue weighted by atomic mass is 16.2. The number of nitrogens with one attached hydrogen (secondary N) is 1. The molecule has 1 saturated heterocycles. The van der Waals surface area contributed by atoms with E-state index >= 15 is 0 Å². The Bertz CT molecular complexity index is 838. The first-order chi connectivity index (χ1) is 13.0. The zero-order valence-corrected chi connectivity index (χ0v) is 15.9. The zero-order chi connectivity index (χ0) is 19.0. The molecule has 4 nitrogen and oxygen atoms in total. The Kier molecular flexibility index (Phi) is 4.50. The number of benzene rings is 2. The van der Waals surface area contributed by atoms with Crippen LogP contribution in [0.1, 0.15) is 50.2 Å². The lowest BCUT2D eigenvalue weighted by molar-refractivity contribution is -0.127. The van der Waals surface area contributed by atoms with Crippen LogP contribution in [0.2, 0.25) is 0 Å². The second-order valence-electron chi connectivity index (χ2n) is 8.09. The molecule has 2 aromatic rings. The van der Waals surface area contributed by atoms with E-state index in [4.69, 9.17) is 0 Å². The molecule has 1 N–H and O–H groups in total. The molecule has 0 radical (unpaired) electrons. The average molecular weight is 362 g/mol. The summed E-state index contributed by atoms with van der Waals surface area (Å²) in [7, 11) is 0. The van der Waals surface area contributed by atoms with Crippen LogP contribution in [0.5, 0.6) is 0 Å². The Morgan fingerprint density at radius 1 is 1.07 bits per heavy atom. The predicted octanol–water partition coefficient (Wildman–Crippen LogP) is 3.97. The largest absolute Gasteiger partial charge is 0.346 e. The molecule has 1 heterocycles. The molecule has 1 unspecified atom stereocenters. The fourth-order valence-electron chi connectivity index (χ4n) is 3.88. The van der Waals surface area contributed by atoms with Gasteiger partial charge in [0.2, 0.25) is 11.8 Å². The van der Waals surface area contributed by atoms with Crippen molar-refractivity contribution in [3.63, 3.8) is 0 Å². The van der Waals surface area contributed by atoms with Crippen molar-refractivity contribution in [1.29, 1.82) is 0 Å². The fourth-order valence-corrected chi connectivity index (χ4v) is 3.88. The standard InChI is InChI=1S/C23H26N2O2/c1-16(2)17-8-10-20(11-9-17)25-15-18(14-21(25)26)22(27)24-23(12-13-23)19-6-4-3-5-7-19/h3-11,16,18H,12-15H2,1-2H3,(H,24,27). The topological polar surface area (TPSA) is 49.4 Å². The van der Waals surface area contributed by atoms with Crippen LogP contribution in [-0.4, -0.2) is 18.4 Å². The first-order valence-electron chi connectivity index (χ1n) is 9.76. The summed E-state index contributed by atoms with van der Waals surface area (Å²) in [5, 5.41) is 3.22. The summed E-state index contributed by atoms with van der Waals surface area (Å²) in [4.78, 5) is 27.1. The molecule has 27 heavy (non-hydrogen) atoms. The number of rotatable bonds is 5. The van der Waals surface area contributed by atoms with Gasteiger partial charge in [-0.05, 0) is 42.0 Å². The average Bonchev–Trinajstić information content (AvgIpc) is 3.36. The van der Waals surface area contributed by atoms with Crippen molar-refractivity contribution in [2.24, 2.45) is 5.92 Å². The number of carbonyl (C=O) groups excluding carboxylic acids is 2. The van der Waals surface area contributed by atoms with Gasteiger partial charge in [-0.3, -0.25) is 9.59 Å². The highest BCUT2D eigenvalue weighted by Gasteiger charge is 2.47. The summed E-state index contributed by atoms with van der Waals surface area (Å²) in [6.45, 7) is 4.75. The van der Waals surface area contributed by atoms with Crippen molar-refractivity contribution in [1.82, 2.24) is 5.32 Å². The van der Waals surface area contributed by atoms with Crippen LogP contribution in [0.25, 0.3) is 0 Å². The van der Waals surface area contributed by atoms with Crippen molar-refractivity contribution in [3.8, 4) is 0 Å². The summed E-state index contributed by atoms with van der Waals surface area (Å²) < 4.78 is 0.